The zero-order valence-corrected chi connectivity index (χ0v) is 8.84. The van der Waals surface area contributed by atoms with Gasteiger partial charge in [-0.05, 0) is 19.3 Å². The zero-order chi connectivity index (χ0) is 11.6. The fraction of sp³-hybridized carbons (Fsp3) is 0.778. The molecule has 4 nitrogen and oxygen atoms in total. The molecule has 1 rings (SSSR count). The molecule has 1 aliphatic carbocycles. The molecule has 1 atom stereocenters. The molecule has 0 saturated carbocycles. The van der Waals surface area contributed by atoms with Gasteiger partial charge < -0.3 is 16.5 Å². The van der Waals surface area contributed by atoms with Gasteiger partial charge in [-0.3, -0.25) is 0 Å². The minimum absolute atomic E-state index is 0.287. The third kappa shape index (κ3) is 2.38. The third-order valence-corrected chi connectivity index (χ3v) is 2.74. The lowest BCUT2D eigenvalue weighted by Crippen LogP contribution is -2.47. The molecule has 0 spiro atoms. The zero-order valence-electron chi connectivity index (χ0n) is 8.84. The molecule has 0 aromatic rings. The van der Waals surface area contributed by atoms with Crippen LogP contribution in [0.15, 0.2) is 11.4 Å². The summed E-state index contributed by atoms with van der Waals surface area (Å²) in [7, 11) is 1.51. The summed E-state index contributed by atoms with van der Waals surface area (Å²) in [5.74, 6) is 2.30. The van der Waals surface area contributed by atoms with Gasteiger partial charge in [0.05, 0.1) is 11.7 Å². The third-order valence-electron chi connectivity index (χ3n) is 2.74. The molecule has 0 bridgehead atoms. The smallest absolute Gasteiger partial charge is 0.303 e. The minimum atomic E-state index is -3.16. The molecule has 1 unspecified atom stereocenters. The quantitative estimate of drug-likeness (QED) is 0.444. The second-order valence-corrected chi connectivity index (χ2v) is 3.95. The van der Waals surface area contributed by atoms with Crippen molar-refractivity contribution >= 4 is 0 Å². The Morgan fingerprint density at radius 1 is 1.40 bits per heavy atom. The van der Waals surface area contributed by atoms with E-state index in [0.29, 0.717) is 12.8 Å². The maximum Gasteiger partial charge on any atom is 0.303 e. The number of hydrogen-bond acceptors (Lipinski definition) is 4. The van der Waals surface area contributed by atoms with Crippen LogP contribution in [-0.4, -0.2) is 24.0 Å². The van der Waals surface area contributed by atoms with Gasteiger partial charge in [0.2, 0.25) is 0 Å². The highest BCUT2D eigenvalue weighted by Crippen LogP contribution is 2.32. The van der Waals surface area contributed by atoms with E-state index >= 15 is 0 Å². The molecular weight excluding hydrogens is 202 g/mol. The summed E-state index contributed by atoms with van der Waals surface area (Å²) < 4.78 is 27.3. The van der Waals surface area contributed by atoms with Crippen LogP contribution in [0.1, 0.15) is 25.7 Å². The first-order valence-electron chi connectivity index (χ1n) is 4.98. The molecule has 0 aromatic carbocycles. The maximum atomic E-state index is 13.7. The molecule has 0 heterocycles. The Balaban J connectivity index is 3.09. The van der Waals surface area contributed by atoms with E-state index in [-0.39, 0.29) is 12.1 Å². The number of nitrogens with two attached hydrogens (primary N) is 3. The molecule has 88 valence electrons. The van der Waals surface area contributed by atoms with E-state index in [1.807, 2.05) is 0 Å². The van der Waals surface area contributed by atoms with Gasteiger partial charge in [0.1, 0.15) is 5.70 Å². The van der Waals surface area contributed by atoms with Crippen molar-refractivity contribution in [3.63, 3.8) is 0 Å². The van der Waals surface area contributed by atoms with E-state index in [1.54, 1.807) is 0 Å². The van der Waals surface area contributed by atoms with Crippen molar-refractivity contribution in [2.45, 2.75) is 37.6 Å². The first kappa shape index (κ1) is 12.2. The second kappa shape index (κ2) is 4.32. The Morgan fingerprint density at radius 3 is 2.53 bits per heavy atom. The van der Waals surface area contributed by atoms with Crippen molar-refractivity contribution in [3.05, 3.63) is 11.4 Å². The topological polar surface area (TPSA) is 81.3 Å². The molecular formula is C9H18F2N4. The van der Waals surface area contributed by atoms with Crippen LogP contribution in [-0.2, 0) is 0 Å². The van der Waals surface area contributed by atoms with Crippen molar-refractivity contribution in [1.82, 2.24) is 5.01 Å². The number of rotatable bonds is 1. The van der Waals surface area contributed by atoms with Gasteiger partial charge in [-0.15, -0.1) is 0 Å². The van der Waals surface area contributed by atoms with E-state index in [1.165, 1.54) is 7.05 Å². The molecule has 0 radical (unpaired) electrons. The minimum Gasteiger partial charge on any atom is -0.396 e. The fourth-order valence-corrected chi connectivity index (χ4v) is 1.73. The normalized spacial score (nSPS) is 31.9. The fourth-order valence-electron chi connectivity index (χ4n) is 1.73. The van der Waals surface area contributed by atoms with E-state index in [9.17, 15) is 8.78 Å². The highest BCUT2D eigenvalue weighted by atomic mass is 19.3. The van der Waals surface area contributed by atoms with Crippen LogP contribution in [0.5, 0.6) is 0 Å². The Morgan fingerprint density at radius 2 is 2.00 bits per heavy atom. The molecule has 0 aromatic heterocycles. The van der Waals surface area contributed by atoms with Crippen LogP contribution < -0.4 is 17.3 Å². The van der Waals surface area contributed by atoms with Crippen molar-refractivity contribution in [3.8, 4) is 0 Å². The number of hydrogen-bond donors (Lipinski definition) is 3. The molecule has 1 aliphatic rings. The lowest BCUT2D eigenvalue weighted by atomic mass is 9.95. The van der Waals surface area contributed by atoms with Crippen LogP contribution in [0.25, 0.3) is 0 Å². The number of nitrogens with zero attached hydrogens (tertiary/aromatic N) is 1. The van der Waals surface area contributed by atoms with Gasteiger partial charge in [0.15, 0.2) is 0 Å². The summed E-state index contributed by atoms with van der Waals surface area (Å²) in [6.45, 7) is 0. The van der Waals surface area contributed by atoms with Crippen LogP contribution in [0, 0.1) is 0 Å². The van der Waals surface area contributed by atoms with E-state index < -0.39 is 17.7 Å². The highest BCUT2D eigenvalue weighted by Gasteiger charge is 2.42. The van der Waals surface area contributed by atoms with Gasteiger partial charge in [-0.1, -0.05) is 6.42 Å². The van der Waals surface area contributed by atoms with Crippen LogP contribution in [0.4, 0.5) is 8.78 Å². The van der Waals surface area contributed by atoms with Crippen molar-refractivity contribution in [2.75, 3.05) is 7.05 Å². The van der Waals surface area contributed by atoms with Gasteiger partial charge >= 0.3 is 5.92 Å². The molecule has 6 heteroatoms. The lowest BCUT2D eigenvalue weighted by Gasteiger charge is -2.30. The number of alkyl halides is 2. The number of halogens is 2. The summed E-state index contributed by atoms with van der Waals surface area (Å²) in [5.41, 5.74) is 10.7. The summed E-state index contributed by atoms with van der Waals surface area (Å²) in [6.07, 6.45) is 2.21. The predicted molar refractivity (Wildman–Crippen MR) is 54.6 cm³/mol. The van der Waals surface area contributed by atoms with Gasteiger partial charge in [-0.25, -0.2) is 5.84 Å². The monoisotopic (exact) mass is 220 g/mol. The van der Waals surface area contributed by atoms with Crippen molar-refractivity contribution in [1.29, 1.82) is 0 Å². The van der Waals surface area contributed by atoms with Crippen LogP contribution >= 0.6 is 0 Å². The molecule has 0 aliphatic heterocycles. The first-order valence-corrected chi connectivity index (χ1v) is 4.98. The Bertz CT molecular complexity index is 263. The summed E-state index contributed by atoms with van der Waals surface area (Å²) >= 11 is 0. The van der Waals surface area contributed by atoms with Gasteiger partial charge in [-0.2, -0.15) is 8.78 Å². The predicted octanol–water partition coefficient (Wildman–Crippen LogP) is 0.499. The Hall–Kier alpha value is -0.880. The SMILES string of the molecule is CN(N)/C1=C(\N)C(F)(F)C(N)CCCC1. The van der Waals surface area contributed by atoms with E-state index in [0.717, 1.165) is 11.4 Å². The Labute approximate surface area is 88.0 Å². The van der Waals surface area contributed by atoms with Gasteiger partial charge in [0.25, 0.3) is 0 Å². The van der Waals surface area contributed by atoms with E-state index in [4.69, 9.17) is 17.3 Å². The standard InChI is InChI=1S/C9H18F2N4/c1-15(14)6-4-2-3-5-7(12)9(10,11)8(6)13/h7H,2-5,12-14H2,1H3/b8-6-. The summed E-state index contributed by atoms with van der Waals surface area (Å²) in [5, 5.41) is 1.15. The molecule has 0 fully saturated rings. The molecule has 15 heavy (non-hydrogen) atoms. The average Bonchev–Trinajstić information content (AvgIpc) is 2.14. The largest absolute Gasteiger partial charge is 0.396 e. The highest BCUT2D eigenvalue weighted by molar-refractivity contribution is 5.20. The lowest BCUT2D eigenvalue weighted by molar-refractivity contribution is 0.00346. The molecule has 0 amide bonds. The maximum absolute atomic E-state index is 13.7. The van der Waals surface area contributed by atoms with E-state index in [2.05, 4.69) is 0 Å². The average molecular weight is 220 g/mol. The number of hydrazine groups is 1. The first-order chi connectivity index (χ1) is 6.87. The second-order valence-electron chi connectivity index (χ2n) is 3.95. The Kier molecular flexibility index (Phi) is 3.51. The van der Waals surface area contributed by atoms with Crippen molar-refractivity contribution in [2.24, 2.45) is 17.3 Å². The summed E-state index contributed by atoms with van der Waals surface area (Å²) in [4.78, 5) is 0. The molecule has 6 N–H and O–H groups in total. The van der Waals surface area contributed by atoms with Crippen molar-refractivity contribution < 1.29 is 8.78 Å². The van der Waals surface area contributed by atoms with Crippen LogP contribution in [0.3, 0.4) is 0 Å². The molecule has 0 saturated heterocycles. The van der Waals surface area contributed by atoms with Crippen LogP contribution in [0.2, 0.25) is 0 Å². The van der Waals surface area contributed by atoms with Gasteiger partial charge in [0, 0.05) is 7.05 Å². The summed E-state index contributed by atoms with van der Waals surface area (Å²) in [6, 6.07) is -1.22. The number of allylic oxidation sites excluding steroid dienone is 1.